The predicted molar refractivity (Wildman–Crippen MR) is 120 cm³/mol. The molecule has 2 heterocycles. The Morgan fingerprint density at radius 3 is 2.53 bits per heavy atom. The molecule has 0 saturated carbocycles. The molecule has 0 spiro atoms. The van der Waals surface area contributed by atoms with Crippen molar-refractivity contribution in [2.45, 2.75) is 19.3 Å². The highest BCUT2D eigenvalue weighted by Crippen LogP contribution is 2.43. The van der Waals surface area contributed by atoms with Gasteiger partial charge in [-0.15, -0.1) is 11.3 Å². The third kappa shape index (κ3) is 4.05. The lowest BCUT2D eigenvalue weighted by molar-refractivity contribution is -0.134. The molecular weight excluding hydrogens is 434 g/mol. The quantitative estimate of drug-likeness (QED) is 0.395. The number of ether oxygens (including phenoxy) is 1. The molecule has 2 aromatic carbocycles. The lowest BCUT2D eigenvalue weighted by Gasteiger charge is -2.22. The Labute approximate surface area is 188 Å². The van der Waals surface area contributed by atoms with Crippen molar-refractivity contribution in [1.29, 1.82) is 0 Å². The van der Waals surface area contributed by atoms with Gasteiger partial charge in [0.25, 0.3) is 11.8 Å². The van der Waals surface area contributed by atoms with E-state index >= 15 is 8.78 Å². The fourth-order valence-electron chi connectivity index (χ4n) is 3.63. The maximum absolute atomic E-state index is 15.0. The average Bonchev–Trinajstić information content (AvgIpc) is 3.15. The number of nitrogens with zero attached hydrogens (tertiary/aromatic N) is 2. The van der Waals surface area contributed by atoms with E-state index in [-0.39, 0.29) is 12.1 Å². The van der Waals surface area contributed by atoms with E-state index in [2.05, 4.69) is 9.72 Å². The number of esters is 1. The number of thiazole rings is 1. The van der Waals surface area contributed by atoms with Crippen LogP contribution < -0.4 is 4.90 Å². The maximum Gasteiger partial charge on any atom is 0.330 e. The minimum atomic E-state index is -3.31. The summed E-state index contributed by atoms with van der Waals surface area (Å²) in [6, 6.07) is 15.8. The SMILES string of the molecule is COC(=O)/C=C1/c2ccccc2N(C(=O)c2sc(-c3ccccc3)nc2C)CCC1(F)F. The second-order valence-electron chi connectivity index (χ2n) is 7.31. The lowest BCUT2D eigenvalue weighted by Crippen LogP contribution is -2.33. The Hall–Kier alpha value is -3.39. The molecule has 1 aliphatic rings. The number of carbonyl (C=O) groups excluding carboxylic acids is 2. The lowest BCUT2D eigenvalue weighted by atomic mass is 9.97. The summed E-state index contributed by atoms with van der Waals surface area (Å²) in [6.45, 7) is 1.52. The molecule has 0 fully saturated rings. The highest BCUT2D eigenvalue weighted by atomic mass is 32.1. The van der Waals surface area contributed by atoms with E-state index in [1.165, 1.54) is 22.3 Å². The normalized spacial score (nSPS) is 16.4. The van der Waals surface area contributed by atoms with Crippen LogP contribution in [0.2, 0.25) is 0 Å². The van der Waals surface area contributed by atoms with E-state index in [1.54, 1.807) is 25.1 Å². The number of para-hydroxylation sites is 1. The highest BCUT2D eigenvalue weighted by Gasteiger charge is 2.42. The van der Waals surface area contributed by atoms with Crippen molar-refractivity contribution < 1.29 is 23.1 Å². The number of halogens is 2. The molecule has 1 amide bonds. The molecule has 0 unspecified atom stereocenters. The minimum absolute atomic E-state index is 0.124. The van der Waals surface area contributed by atoms with Gasteiger partial charge in [-0.05, 0) is 13.0 Å². The second-order valence-corrected chi connectivity index (χ2v) is 8.31. The molecule has 0 saturated heterocycles. The Morgan fingerprint density at radius 2 is 1.81 bits per heavy atom. The monoisotopic (exact) mass is 454 g/mol. The topological polar surface area (TPSA) is 59.5 Å². The van der Waals surface area contributed by atoms with Crippen molar-refractivity contribution >= 4 is 34.5 Å². The molecule has 0 atom stereocenters. The van der Waals surface area contributed by atoms with E-state index < -0.39 is 29.8 Å². The number of fused-ring (bicyclic) bond motifs is 1. The molecule has 0 radical (unpaired) electrons. The number of hydrogen-bond acceptors (Lipinski definition) is 5. The molecule has 0 aliphatic carbocycles. The van der Waals surface area contributed by atoms with E-state index in [9.17, 15) is 9.59 Å². The summed E-state index contributed by atoms with van der Waals surface area (Å²) in [5.41, 5.74) is 1.41. The number of aryl methyl sites for hydroxylation is 1. The zero-order chi connectivity index (χ0) is 22.9. The van der Waals surface area contributed by atoms with Crippen molar-refractivity contribution in [2.24, 2.45) is 0 Å². The Kier molecular flexibility index (Phi) is 5.88. The molecule has 5 nitrogen and oxygen atoms in total. The van der Waals surface area contributed by atoms with Crippen LogP contribution in [0, 0.1) is 6.92 Å². The van der Waals surface area contributed by atoms with E-state index in [4.69, 9.17) is 0 Å². The number of rotatable bonds is 3. The zero-order valence-electron chi connectivity index (χ0n) is 17.5. The number of amides is 1. The van der Waals surface area contributed by atoms with Gasteiger partial charge in [-0.3, -0.25) is 4.79 Å². The van der Waals surface area contributed by atoms with E-state index in [0.29, 0.717) is 21.3 Å². The number of benzene rings is 2. The summed E-state index contributed by atoms with van der Waals surface area (Å²) in [5, 5.41) is 0.686. The van der Waals surface area contributed by atoms with E-state index in [1.807, 2.05) is 30.3 Å². The van der Waals surface area contributed by atoms with Crippen molar-refractivity contribution in [2.75, 3.05) is 18.6 Å². The second kappa shape index (κ2) is 8.63. The Bertz CT molecular complexity index is 1200. The number of alkyl halides is 2. The molecule has 164 valence electrons. The number of aromatic nitrogens is 1. The molecule has 0 N–H and O–H groups in total. The van der Waals surface area contributed by atoms with Crippen LogP contribution in [-0.4, -0.2) is 36.4 Å². The summed E-state index contributed by atoms with van der Waals surface area (Å²) >= 11 is 1.23. The van der Waals surface area contributed by atoms with Crippen molar-refractivity contribution in [3.63, 3.8) is 0 Å². The standard InChI is InChI=1S/C24H20F2N2O3S/c1-15-21(32-22(27-15)16-8-4-3-5-9-16)23(30)28-13-12-24(25,26)18(14-20(29)31-2)17-10-6-7-11-19(17)28/h3-11,14H,12-13H2,1-2H3/b18-14-. The van der Waals surface area contributed by atoms with Crippen LogP contribution in [-0.2, 0) is 9.53 Å². The smallest absolute Gasteiger partial charge is 0.330 e. The van der Waals surface area contributed by atoms with Gasteiger partial charge in [0.05, 0.1) is 18.5 Å². The fourth-order valence-corrected chi connectivity index (χ4v) is 4.65. The first kappa shape index (κ1) is 21.8. The molecule has 3 aromatic rings. The average molecular weight is 454 g/mol. The molecule has 32 heavy (non-hydrogen) atoms. The van der Waals surface area contributed by atoms with Gasteiger partial charge in [-0.1, -0.05) is 48.5 Å². The molecule has 0 bridgehead atoms. The Morgan fingerprint density at radius 1 is 1.12 bits per heavy atom. The van der Waals surface area contributed by atoms with Crippen LogP contribution in [0.1, 0.15) is 27.3 Å². The van der Waals surface area contributed by atoms with Gasteiger partial charge in [0, 0.05) is 35.7 Å². The number of hydrogen-bond donors (Lipinski definition) is 0. The fraction of sp³-hybridized carbons (Fsp3) is 0.208. The third-order valence-corrected chi connectivity index (χ3v) is 6.44. The van der Waals surface area contributed by atoms with Crippen molar-refractivity contribution in [1.82, 2.24) is 4.98 Å². The molecule has 1 aromatic heterocycles. The van der Waals surface area contributed by atoms with Crippen LogP contribution in [0.3, 0.4) is 0 Å². The number of carbonyl (C=O) groups is 2. The molecule has 1 aliphatic heterocycles. The summed E-state index contributed by atoms with van der Waals surface area (Å²) in [7, 11) is 1.13. The van der Waals surface area contributed by atoms with Gasteiger partial charge >= 0.3 is 5.97 Å². The van der Waals surface area contributed by atoms with Crippen LogP contribution in [0.25, 0.3) is 16.1 Å². The number of anilines is 1. The largest absolute Gasteiger partial charge is 0.466 e. The zero-order valence-corrected chi connectivity index (χ0v) is 18.3. The van der Waals surface area contributed by atoms with Gasteiger partial charge in [0.15, 0.2) is 0 Å². The highest BCUT2D eigenvalue weighted by molar-refractivity contribution is 7.17. The van der Waals surface area contributed by atoms with Gasteiger partial charge in [0.2, 0.25) is 0 Å². The summed E-state index contributed by atoms with van der Waals surface area (Å²) in [6.07, 6.45) is 0.178. The maximum atomic E-state index is 15.0. The Balaban J connectivity index is 1.78. The third-order valence-electron chi connectivity index (χ3n) is 5.25. The summed E-state index contributed by atoms with van der Waals surface area (Å²) in [4.78, 5) is 31.6. The minimum Gasteiger partial charge on any atom is -0.466 e. The van der Waals surface area contributed by atoms with Gasteiger partial charge < -0.3 is 9.64 Å². The predicted octanol–water partition coefficient (Wildman–Crippen LogP) is 5.36. The molecule has 8 heteroatoms. The number of allylic oxidation sites excluding steroid dienone is 1. The van der Waals surface area contributed by atoms with Crippen molar-refractivity contribution in [3.05, 3.63) is 76.8 Å². The summed E-state index contributed by atoms with van der Waals surface area (Å²) < 4.78 is 34.6. The van der Waals surface area contributed by atoms with Crippen LogP contribution in [0.5, 0.6) is 0 Å². The van der Waals surface area contributed by atoms with Gasteiger partial charge in [-0.2, -0.15) is 0 Å². The van der Waals surface area contributed by atoms with Gasteiger partial charge in [-0.25, -0.2) is 18.6 Å². The first-order chi connectivity index (χ1) is 15.3. The van der Waals surface area contributed by atoms with Crippen LogP contribution in [0.4, 0.5) is 14.5 Å². The summed E-state index contributed by atoms with van der Waals surface area (Å²) in [5.74, 6) is -4.58. The first-order valence-electron chi connectivity index (χ1n) is 9.94. The molecule has 4 rings (SSSR count). The number of methoxy groups -OCH3 is 1. The first-order valence-corrected chi connectivity index (χ1v) is 10.8. The van der Waals surface area contributed by atoms with Crippen LogP contribution in [0.15, 0.2) is 60.7 Å². The molecular formula is C24H20F2N2O3S. The van der Waals surface area contributed by atoms with Crippen LogP contribution >= 0.6 is 11.3 Å². The van der Waals surface area contributed by atoms with Crippen molar-refractivity contribution in [3.8, 4) is 10.6 Å². The van der Waals surface area contributed by atoms with Gasteiger partial charge in [0.1, 0.15) is 9.88 Å². The van der Waals surface area contributed by atoms with E-state index in [0.717, 1.165) is 18.7 Å².